The number of carbonyl (C=O) groups excluding carboxylic acids is 1. The Bertz CT molecular complexity index is 425. The van der Waals surface area contributed by atoms with Crippen molar-refractivity contribution in [2.75, 3.05) is 13.0 Å². The van der Waals surface area contributed by atoms with Gasteiger partial charge in [0.2, 0.25) is 0 Å². The minimum atomic E-state index is -1.25. The summed E-state index contributed by atoms with van der Waals surface area (Å²) in [6.07, 6.45) is -2.14. The Balaban J connectivity index is 2.93. The first-order valence-electron chi connectivity index (χ1n) is 5.31. The Labute approximate surface area is 109 Å². The highest BCUT2D eigenvalue weighted by molar-refractivity contribution is 6.17. The molecule has 0 radical (unpaired) electrons. The molecule has 2 unspecified atom stereocenters. The van der Waals surface area contributed by atoms with Crippen molar-refractivity contribution >= 4 is 17.6 Å². The summed E-state index contributed by atoms with van der Waals surface area (Å²) in [6.45, 7) is 0. The summed E-state index contributed by atoms with van der Waals surface area (Å²) < 4.78 is 18.0. The van der Waals surface area contributed by atoms with Crippen molar-refractivity contribution in [3.8, 4) is 0 Å². The van der Waals surface area contributed by atoms with E-state index in [2.05, 4.69) is 4.74 Å². The second-order valence-electron chi connectivity index (χ2n) is 3.72. The molecule has 0 bridgehead atoms. The van der Waals surface area contributed by atoms with Crippen LogP contribution in [0.15, 0.2) is 18.2 Å². The third-order valence-corrected chi connectivity index (χ3v) is 2.73. The molecule has 2 N–H and O–H groups in total. The molecule has 1 aromatic rings. The molecule has 0 fully saturated rings. The van der Waals surface area contributed by atoms with Gasteiger partial charge in [0.25, 0.3) is 0 Å². The van der Waals surface area contributed by atoms with Crippen molar-refractivity contribution < 1.29 is 24.1 Å². The van der Waals surface area contributed by atoms with Crippen molar-refractivity contribution in [2.45, 2.75) is 18.6 Å². The zero-order valence-electron chi connectivity index (χ0n) is 9.77. The maximum absolute atomic E-state index is 13.6. The minimum Gasteiger partial charge on any atom is -0.465 e. The average molecular weight is 277 g/mol. The summed E-state index contributed by atoms with van der Waals surface area (Å²) in [5.74, 6) is -1.42. The molecule has 6 heteroatoms. The van der Waals surface area contributed by atoms with Gasteiger partial charge in [-0.05, 0) is 24.1 Å². The third-order valence-electron chi connectivity index (χ3n) is 2.51. The molecule has 2 atom stereocenters. The number of methoxy groups -OCH3 is 1. The number of aliphatic hydroxyl groups is 2. The molecule has 0 aliphatic rings. The molecule has 4 nitrogen and oxygen atoms in total. The van der Waals surface area contributed by atoms with Crippen molar-refractivity contribution in [1.29, 1.82) is 0 Å². The number of aliphatic hydroxyl groups excluding tert-OH is 2. The van der Waals surface area contributed by atoms with E-state index in [9.17, 15) is 19.4 Å². The number of rotatable bonds is 5. The van der Waals surface area contributed by atoms with Crippen LogP contribution in [0.2, 0.25) is 0 Å². The fraction of sp³-hybridized carbons (Fsp3) is 0.417. The maximum Gasteiger partial charge on any atom is 0.340 e. The van der Waals surface area contributed by atoms with Crippen molar-refractivity contribution in [2.24, 2.45) is 0 Å². The van der Waals surface area contributed by atoms with Crippen molar-refractivity contribution in [3.05, 3.63) is 35.1 Å². The van der Waals surface area contributed by atoms with E-state index in [-0.39, 0.29) is 23.4 Å². The van der Waals surface area contributed by atoms with Crippen molar-refractivity contribution in [1.82, 2.24) is 0 Å². The van der Waals surface area contributed by atoms with Crippen LogP contribution in [0.1, 0.15) is 28.4 Å². The largest absolute Gasteiger partial charge is 0.465 e. The van der Waals surface area contributed by atoms with E-state index in [1.54, 1.807) is 0 Å². The molecule has 18 heavy (non-hydrogen) atoms. The number of alkyl halides is 1. The smallest absolute Gasteiger partial charge is 0.340 e. The number of esters is 1. The van der Waals surface area contributed by atoms with E-state index in [1.807, 2.05) is 0 Å². The standard InChI is InChI=1S/C12H14ClFO4/c1-18-12(17)8-3-2-7(6-9(8)14)11(16)10(15)4-5-13/h2-3,6,10-11,15-16H,4-5H2,1H3. The first kappa shape index (κ1) is 14.9. The lowest BCUT2D eigenvalue weighted by molar-refractivity contribution is 0.0168. The van der Waals surface area contributed by atoms with Gasteiger partial charge in [0.15, 0.2) is 0 Å². The lowest BCUT2D eigenvalue weighted by atomic mass is 10.0. The van der Waals surface area contributed by atoms with Gasteiger partial charge in [-0.3, -0.25) is 0 Å². The monoisotopic (exact) mass is 276 g/mol. The molecule has 1 aromatic carbocycles. The van der Waals surface area contributed by atoms with E-state index in [1.165, 1.54) is 12.1 Å². The topological polar surface area (TPSA) is 66.8 Å². The molecule has 0 spiro atoms. The molecule has 0 aliphatic heterocycles. The van der Waals surface area contributed by atoms with E-state index in [4.69, 9.17) is 11.6 Å². The number of carbonyl (C=O) groups is 1. The number of hydrogen-bond acceptors (Lipinski definition) is 4. The SMILES string of the molecule is COC(=O)c1ccc(C(O)C(O)CCCl)cc1F. The summed E-state index contributed by atoms with van der Waals surface area (Å²) in [6, 6.07) is 3.55. The minimum absolute atomic E-state index is 0.178. The normalized spacial score (nSPS) is 14.1. The summed E-state index contributed by atoms with van der Waals surface area (Å²) in [5, 5.41) is 19.3. The van der Waals surface area contributed by atoms with E-state index in [0.29, 0.717) is 0 Å². The first-order chi connectivity index (χ1) is 8.51. The lowest BCUT2D eigenvalue weighted by Crippen LogP contribution is -2.19. The van der Waals surface area contributed by atoms with Gasteiger partial charge in [0.05, 0.1) is 18.8 Å². The van der Waals surface area contributed by atoms with Crippen LogP contribution < -0.4 is 0 Å². The molecule has 100 valence electrons. The Kier molecular flexibility index (Phi) is 5.53. The highest BCUT2D eigenvalue weighted by atomic mass is 35.5. The van der Waals surface area contributed by atoms with Crippen LogP contribution >= 0.6 is 11.6 Å². The van der Waals surface area contributed by atoms with Crippen LogP contribution in [0, 0.1) is 5.82 Å². The highest BCUT2D eigenvalue weighted by Gasteiger charge is 2.20. The Hall–Kier alpha value is -1.17. The van der Waals surface area contributed by atoms with Gasteiger partial charge >= 0.3 is 5.97 Å². The molecule has 0 saturated heterocycles. The number of halogens is 2. The first-order valence-corrected chi connectivity index (χ1v) is 5.84. The van der Waals surface area contributed by atoms with E-state index in [0.717, 1.165) is 13.2 Å². The molecule has 0 heterocycles. The van der Waals surface area contributed by atoms with Gasteiger partial charge in [0, 0.05) is 5.88 Å². The van der Waals surface area contributed by atoms with E-state index >= 15 is 0 Å². The second-order valence-corrected chi connectivity index (χ2v) is 4.10. The maximum atomic E-state index is 13.6. The molecular formula is C12H14ClFO4. The second kappa shape index (κ2) is 6.68. The molecule has 0 saturated carbocycles. The van der Waals surface area contributed by atoms with Gasteiger partial charge < -0.3 is 14.9 Å². The molecule has 1 rings (SSSR count). The summed E-state index contributed by atoms with van der Waals surface area (Å²) in [4.78, 5) is 11.2. The quantitative estimate of drug-likeness (QED) is 0.634. The van der Waals surface area contributed by atoms with Gasteiger partial charge in [-0.25, -0.2) is 9.18 Å². The number of hydrogen-bond donors (Lipinski definition) is 2. The average Bonchev–Trinajstić information content (AvgIpc) is 2.37. The Morgan fingerprint density at radius 3 is 2.67 bits per heavy atom. The summed E-state index contributed by atoms with van der Waals surface area (Å²) in [5.41, 5.74) is -0.0435. The zero-order valence-corrected chi connectivity index (χ0v) is 10.5. The summed E-state index contributed by atoms with van der Waals surface area (Å²) >= 11 is 5.44. The van der Waals surface area contributed by atoms with Crippen LogP contribution in [0.25, 0.3) is 0 Å². The third kappa shape index (κ3) is 3.41. The van der Waals surface area contributed by atoms with Gasteiger partial charge in [-0.1, -0.05) is 6.07 Å². The Morgan fingerprint density at radius 1 is 1.50 bits per heavy atom. The zero-order chi connectivity index (χ0) is 13.7. The molecule has 0 aromatic heterocycles. The van der Waals surface area contributed by atoms with Crippen LogP contribution in [-0.2, 0) is 4.74 Å². The number of benzene rings is 1. The van der Waals surface area contributed by atoms with Crippen molar-refractivity contribution in [3.63, 3.8) is 0 Å². The van der Waals surface area contributed by atoms with Gasteiger partial charge in [0.1, 0.15) is 11.9 Å². The number of ether oxygens (including phenoxy) is 1. The molecular weight excluding hydrogens is 263 g/mol. The van der Waals surface area contributed by atoms with Gasteiger partial charge in [-0.15, -0.1) is 11.6 Å². The van der Waals surface area contributed by atoms with Crippen LogP contribution in [0.3, 0.4) is 0 Å². The Morgan fingerprint density at radius 2 is 2.17 bits per heavy atom. The fourth-order valence-corrected chi connectivity index (χ4v) is 1.71. The lowest BCUT2D eigenvalue weighted by Gasteiger charge is -2.17. The van der Waals surface area contributed by atoms with E-state index < -0.39 is 24.0 Å². The van der Waals surface area contributed by atoms with Crippen LogP contribution in [0.4, 0.5) is 4.39 Å². The van der Waals surface area contributed by atoms with Gasteiger partial charge in [-0.2, -0.15) is 0 Å². The molecule has 0 amide bonds. The fourth-order valence-electron chi connectivity index (χ4n) is 1.48. The molecule has 0 aliphatic carbocycles. The van der Waals surface area contributed by atoms with Crippen LogP contribution in [-0.4, -0.2) is 35.3 Å². The predicted octanol–water partition coefficient (Wildman–Crippen LogP) is 1.64. The predicted molar refractivity (Wildman–Crippen MR) is 64.0 cm³/mol. The van der Waals surface area contributed by atoms with Crippen LogP contribution in [0.5, 0.6) is 0 Å². The summed E-state index contributed by atoms with van der Waals surface area (Å²) in [7, 11) is 1.15. The highest BCUT2D eigenvalue weighted by Crippen LogP contribution is 2.22.